The summed E-state index contributed by atoms with van der Waals surface area (Å²) >= 11 is 0. The van der Waals surface area contributed by atoms with Crippen LogP contribution < -0.4 is 9.80 Å². The molecule has 1 aromatic rings. The SMILES string of the molecule is CCOC(=O)N1CCN(c2cc(C#N)c(N3CCN(C(=O)CCOC)C(C)C3)nc2C2CC2)CC1. The standard InChI is InChI=1S/C25H36N6O4/c1-4-35-25(33)29-10-8-28(9-11-29)21-15-20(16-26)24(27-23(21)19-5-6-19)30-12-13-31(18(2)17-30)22(32)7-14-34-3/h15,18-19H,4-14,17H2,1-3H3. The zero-order valence-corrected chi connectivity index (χ0v) is 21.0. The second-order valence-electron chi connectivity index (χ2n) is 9.45. The lowest BCUT2D eigenvalue weighted by Crippen LogP contribution is -2.54. The Balaban J connectivity index is 1.51. The third-order valence-corrected chi connectivity index (χ3v) is 7.01. The summed E-state index contributed by atoms with van der Waals surface area (Å²) in [4.78, 5) is 37.7. The number of nitriles is 1. The molecule has 1 aliphatic carbocycles. The van der Waals surface area contributed by atoms with E-state index in [4.69, 9.17) is 14.5 Å². The number of pyridine rings is 1. The van der Waals surface area contributed by atoms with E-state index < -0.39 is 0 Å². The van der Waals surface area contributed by atoms with Gasteiger partial charge in [-0.25, -0.2) is 9.78 Å². The molecule has 1 atom stereocenters. The van der Waals surface area contributed by atoms with Crippen LogP contribution in [0.1, 0.15) is 50.3 Å². The molecule has 2 amide bonds. The van der Waals surface area contributed by atoms with Crippen molar-refractivity contribution in [2.24, 2.45) is 0 Å². The number of carbonyl (C=O) groups excluding carboxylic acids is 2. The molecule has 3 aliphatic rings. The number of amides is 2. The van der Waals surface area contributed by atoms with Crippen LogP contribution in [0.25, 0.3) is 0 Å². The van der Waals surface area contributed by atoms with Gasteiger partial charge in [0.05, 0.1) is 36.6 Å². The zero-order valence-electron chi connectivity index (χ0n) is 21.0. The second-order valence-corrected chi connectivity index (χ2v) is 9.45. The minimum Gasteiger partial charge on any atom is -0.450 e. The van der Waals surface area contributed by atoms with Gasteiger partial charge in [0.15, 0.2) is 0 Å². The number of aromatic nitrogens is 1. The van der Waals surface area contributed by atoms with Gasteiger partial charge in [0.2, 0.25) is 5.91 Å². The first-order valence-corrected chi connectivity index (χ1v) is 12.6. The first-order valence-electron chi connectivity index (χ1n) is 12.6. The molecule has 1 aromatic heterocycles. The molecule has 190 valence electrons. The molecule has 0 N–H and O–H groups in total. The monoisotopic (exact) mass is 484 g/mol. The Bertz CT molecular complexity index is 967. The van der Waals surface area contributed by atoms with E-state index in [0.29, 0.717) is 76.9 Å². The second kappa shape index (κ2) is 11.1. The van der Waals surface area contributed by atoms with Crippen LogP contribution in [-0.4, -0.2) is 99.0 Å². The van der Waals surface area contributed by atoms with Gasteiger partial charge in [-0.2, -0.15) is 5.26 Å². The minimum absolute atomic E-state index is 0.0291. The average Bonchev–Trinajstić information content (AvgIpc) is 3.72. The van der Waals surface area contributed by atoms with E-state index in [9.17, 15) is 14.9 Å². The van der Waals surface area contributed by atoms with E-state index in [2.05, 4.69) is 15.9 Å². The van der Waals surface area contributed by atoms with Crippen LogP contribution in [0.15, 0.2) is 6.07 Å². The summed E-state index contributed by atoms with van der Waals surface area (Å²) in [5.41, 5.74) is 2.62. The molecule has 0 aromatic carbocycles. The molecular formula is C25H36N6O4. The van der Waals surface area contributed by atoms with Crippen LogP contribution >= 0.6 is 0 Å². The van der Waals surface area contributed by atoms with Crippen LogP contribution in [0.4, 0.5) is 16.3 Å². The van der Waals surface area contributed by atoms with E-state index in [1.54, 1.807) is 12.0 Å². The third-order valence-electron chi connectivity index (χ3n) is 7.01. The van der Waals surface area contributed by atoms with E-state index in [-0.39, 0.29) is 18.0 Å². The number of rotatable bonds is 7. The summed E-state index contributed by atoms with van der Waals surface area (Å²) in [6.45, 7) is 9.08. The molecule has 10 heteroatoms. The number of piperazine rings is 2. The molecule has 3 fully saturated rings. The highest BCUT2D eigenvalue weighted by Crippen LogP contribution is 2.45. The molecule has 3 heterocycles. The van der Waals surface area contributed by atoms with Crippen LogP contribution in [0.2, 0.25) is 0 Å². The number of methoxy groups -OCH3 is 1. The Morgan fingerprint density at radius 3 is 2.46 bits per heavy atom. The molecule has 10 nitrogen and oxygen atoms in total. The highest BCUT2D eigenvalue weighted by Gasteiger charge is 2.35. The fourth-order valence-electron chi connectivity index (χ4n) is 4.94. The van der Waals surface area contributed by atoms with Crippen molar-refractivity contribution in [2.45, 2.75) is 45.1 Å². The van der Waals surface area contributed by atoms with Crippen molar-refractivity contribution < 1.29 is 19.1 Å². The summed E-state index contributed by atoms with van der Waals surface area (Å²) in [7, 11) is 1.60. The summed E-state index contributed by atoms with van der Waals surface area (Å²) in [5, 5.41) is 10.0. The quantitative estimate of drug-likeness (QED) is 0.580. The van der Waals surface area contributed by atoms with Gasteiger partial charge in [-0.1, -0.05) is 0 Å². The highest BCUT2D eigenvalue weighted by atomic mass is 16.6. The van der Waals surface area contributed by atoms with Gasteiger partial charge < -0.3 is 29.1 Å². The van der Waals surface area contributed by atoms with Gasteiger partial charge in [-0.15, -0.1) is 0 Å². The summed E-state index contributed by atoms with van der Waals surface area (Å²) in [6, 6.07) is 4.38. The van der Waals surface area contributed by atoms with Crippen molar-refractivity contribution in [3.05, 3.63) is 17.3 Å². The van der Waals surface area contributed by atoms with Crippen LogP contribution in [-0.2, 0) is 14.3 Å². The van der Waals surface area contributed by atoms with Gasteiger partial charge in [0.25, 0.3) is 0 Å². The number of ether oxygens (including phenoxy) is 2. The largest absolute Gasteiger partial charge is 0.450 e. The number of anilines is 2. The van der Waals surface area contributed by atoms with E-state index in [1.807, 2.05) is 24.8 Å². The Kier molecular flexibility index (Phi) is 7.96. The fraction of sp³-hybridized carbons (Fsp3) is 0.680. The molecule has 0 radical (unpaired) electrons. The van der Waals surface area contributed by atoms with Crippen molar-refractivity contribution in [1.82, 2.24) is 14.8 Å². The molecule has 1 unspecified atom stereocenters. The summed E-state index contributed by atoms with van der Waals surface area (Å²) < 4.78 is 10.2. The van der Waals surface area contributed by atoms with Gasteiger partial charge in [0.1, 0.15) is 11.9 Å². The van der Waals surface area contributed by atoms with E-state index in [1.165, 1.54) is 0 Å². The number of nitrogens with zero attached hydrogens (tertiary/aromatic N) is 6. The van der Waals surface area contributed by atoms with Gasteiger partial charge in [-0.3, -0.25) is 4.79 Å². The number of hydrogen-bond donors (Lipinski definition) is 0. The maximum Gasteiger partial charge on any atom is 0.409 e. The normalized spacial score (nSPS) is 20.6. The molecule has 0 spiro atoms. The third kappa shape index (κ3) is 5.61. The lowest BCUT2D eigenvalue weighted by molar-refractivity contribution is -0.134. The lowest BCUT2D eigenvalue weighted by atomic mass is 10.1. The van der Waals surface area contributed by atoms with Gasteiger partial charge in [-0.05, 0) is 32.8 Å². The van der Waals surface area contributed by atoms with Gasteiger partial charge in [0, 0.05) is 64.9 Å². The van der Waals surface area contributed by atoms with E-state index in [0.717, 1.165) is 30.0 Å². The number of carbonyl (C=O) groups is 2. The first-order chi connectivity index (χ1) is 17.0. The molecule has 2 aliphatic heterocycles. The Morgan fingerprint density at radius 1 is 1.14 bits per heavy atom. The fourth-order valence-corrected chi connectivity index (χ4v) is 4.94. The Hall–Kier alpha value is -3.06. The Morgan fingerprint density at radius 2 is 1.86 bits per heavy atom. The average molecular weight is 485 g/mol. The predicted octanol–water partition coefficient (Wildman–Crippen LogP) is 2.18. The molecule has 0 bridgehead atoms. The molecular weight excluding hydrogens is 448 g/mol. The number of hydrogen-bond acceptors (Lipinski definition) is 8. The van der Waals surface area contributed by atoms with Crippen molar-refractivity contribution in [3.63, 3.8) is 0 Å². The first kappa shape index (κ1) is 25.0. The van der Waals surface area contributed by atoms with Crippen LogP contribution in [0.5, 0.6) is 0 Å². The molecule has 4 rings (SSSR count). The zero-order chi connectivity index (χ0) is 24.9. The predicted molar refractivity (Wildman–Crippen MR) is 132 cm³/mol. The van der Waals surface area contributed by atoms with Crippen molar-refractivity contribution >= 4 is 23.5 Å². The van der Waals surface area contributed by atoms with Crippen molar-refractivity contribution in [2.75, 3.05) is 75.9 Å². The minimum atomic E-state index is -0.269. The Labute approximate surface area is 207 Å². The van der Waals surface area contributed by atoms with Crippen LogP contribution in [0, 0.1) is 11.3 Å². The molecule has 2 saturated heterocycles. The molecule has 35 heavy (non-hydrogen) atoms. The lowest BCUT2D eigenvalue weighted by Gasteiger charge is -2.41. The van der Waals surface area contributed by atoms with Gasteiger partial charge >= 0.3 is 6.09 Å². The summed E-state index contributed by atoms with van der Waals surface area (Å²) in [6.07, 6.45) is 2.32. The van der Waals surface area contributed by atoms with E-state index >= 15 is 0 Å². The van der Waals surface area contributed by atoms with Crippen molar-refractivity contribution in [3.8, 4) is 6.07 Å². The molecule has 1 saturated carbocycles. The summed E-state index contributed by atoms with van der Waals surface area (Å²) in [5.74, 6) is 1.23. The topological polar surface area (TPSA) is 102 Å². The highest BCUT2D eigenvalue weighted by molar-refractivity contribution is 5.77. The smallest absolute Gasteiger partial charge is 0.409 e. The van der Waals surface area contributed by atoms with Crippen LogP contribution in [0.3, 0.4) is 0 Å². The van der Waals surface area contributed by atoms with Crippen molar-refractivity contribution in [1.29, 1.82) is 5.26 Å². The maximum absolute atomic E-state index is 12.5. The maximum atomic E-state index is 12.5.